The highest BCUT2D eigenvalue weighted by Gasteiger charge is 2.36. The van der Waals surface area contributed by atoms with Gasteiger partial charge < -0.3 is 23.1 Å². The van der Waals surface area contributed by atoms with E-state index >= 15 is 0 Å². The predicted octanol–water partition coefficient (Wildman–Crippen LogP) is 4.10. The molecule has 0 saturated carbocycles. The third-order valence-electron chi connectivity index (χ3n) is 3.59. The Hall–Kier alpha value is -2.14. The van der Waals surface area contributed by atoms with E-state index in [1.165, 1.54) is 24.3 Å². The SMILES string of the molecule is CO[Si](C)(COc1ccc(OC(=O)c2ccc(O)cc2)cc1)O[Si](C)(C)C. The summed E-state index contributed by atoms with van der Waals surface area (Å²) in [6.45, 7) is 8.34. The molecule has 2 rings (SSSR count). The van der Waals surface area contributed by atoms with E-state index in [0.29, 0.717) is 23.3 Å². The van der Waals surface area contributed by atoms with Crippen molar-refractivity contribution in [2.45, 2.75) is 26.2 Å². The molecule has 27 heavy (non-hydrogen) atoms. The lowest BCUT2D eigenvalue weighted by molar-refractivity contribution is 0.0734. The van der Waals surface area contributed by atoms with Crippen LogP contribution in [0.4, 0.5) is 0 Å². The predicted molar refractivity (Wildman–Crippen MR) is 108 cm³/mol. The molecule has 0 saturated heterocycles. The van der Waals surface area contributed by atoms with Gasteiger partial charge in [0, 0.05) is 7.11 Å². The molecule has 0 aliphatic carbocycles. The van der Waals surface area contributed by atoms with Gasteiger partial charge in [-0.3, -0.25) is 0 Å². The molecule has 8 heteroatoms. The van der Waals surface area contributed by atoms with Crippen molar-refractivity contribution in [3.05, 3.63) is 54.1 Å². The summed E-state index contributed by atoms with van der Waals surface area (Å²) in [5.41, 5.74) is 0.360. The third-order valence-corrected chi connectivity index (χ3v) is 9.30. The van der Waals surface area contributed by atoms with Gasteiger partial charge in [0.25, 0.3) is 0 Å². The van der Waals surface area contributed by atoms with Crippen LogP contribution in [-0.2, 0) is 8.54 Å². The summed E-state index contributed by atoms with van der Waals surface area (Å²) in [6.07, 6.45) is 0.375. The molecule has 0 aliphatic rings. The van der Waals surface area contributed by atoms with Crippen LogP contribution >= 0.6 is 0 Å². The van der Waals surface area contributed by atoms with Crippen molar-refractivity contribution in [2.75, 3.05) is 13.3 Å². The van der Waals surface area contributed by atoms with Crippen molar-refractivity contribution in [3.8, 4) is 17.2 Å². The number of benzene rings is 2. The molecule has 6 nitrogen and oxygen atoms in total. The summed E-state index contributed by atoms with van der Waals surface area (Å²) in [6, 6.07) is 12.7. The van der Waals surface area contributed by atoms with Crippen molar-refractivity contribution in [3.63, 3.8) is 0 Å². The van der Waals surface area contributed by atoms with Crippen LogP contribution in [0, 0.1) is 0 Å². The average molecular weight is 407 g/mol. The Morgan fingerprint density at radius 1 is 0.926 bits per heavy atom. The average Bonchev–Trinajstić information content (AvgIpc) is 2.60. The second-order valence-corrected chi connectivity index (χ2v) is 15.3. The molecule has 0 aliphatic heterocycles. The van der Waals surface area contributed by atoms with E-state index < -0.39 is 22.8 Å². The van der Waals surface area contributed by atoms with Gasteiger partial charge in [0.05, 0.1) is 5.56 Å². The Morgan fingerprint density at radius 2 is 1.48 bits per heavy atom. The first kappa shape index (κ1) is 21.2. The molecule has 0 radical (unpaired) electrons. The van der Waals surface area contributed by atoms with Crippen LogP contribution in [-0.4, -0.2) is 41.3 Å². The fourth-order valence-electron chi connectivity index (χ4n) is 2.36. The maximum atomic E-state index is 12.1. The first-order chi connectivity index (χ1) is 12.6. The zero-order valence-corrected chi connectivity index (χ0v) is 18.3. The number of carbonyl (C=O) groups excluding carboxylic acids is 1. The standard InChI is InChI=1S/C19H26O6Si2/c1-22-27(5,25-26(2,3)4)14-23-17-10-12-18(13-11-17)24-19(21)15-6-8-16(20)9-7-15/h6-13,20H,14H2,1-5H3. The Bertz CT molecular complexity index is 755. The van der Waals surface area contributed by atoms with E-state index in [9.17, 15) is 9.90 Å². The molecule has 0 amide bonds. The number of esters is 1. The van der Waals surface area contributed by atoms with Crippen molar-refractivity contribution in [1.29, 1.82) is 0 Å². The molecule has 0 bridgehead atoms. The second-order valence-electron chi connectivity index (χ2n) is 7.25. The summed E-state index contributed by atoms with van der Waals surface area (Å²) in [5, 5.41) is 9.27. The fourth-order valence-corrected chi connectivity index (χ4v) is 8.66. The van der Waals surface area contributed by atoms with Crippen LogP contribution in [0.15, 0.2) is 48.5 Å². The van der Waals surface area contributed by atoms with Crippen LogP contribution in [0.5, 0.6) is 17.2 Å². The molecule has 1 atom stereocenters. The van der Waals surface area contributed by atoms with Crippen molar-refractivity contribution < 1.29 is 27.9 Å². The Balaban J connectivity index is 1.94. The lowest BCUT2D eigenvalue weighted by Gasteiger charge is -2.32. The van der Waals surface area contributed by atoms with Gasteiger partial charge in [-0.1, -0.05) is 0 Å². The number of aromatic hydroxyl groups is 1. The molecule has 1 unspecified atom stereocenters. The molecular formula is C19H26O6Si2. The summed E-state index contributed by atoms with van der Waals surface area (Å²) in [4.78, 5) is 12.1. The van der Waals surface area contributed by atoms with E-state index in [-0.39, 0.29) is 5.75 Å². The van der Waals surface area contributed by atoms with E-state index in [0.717, 1.165) is 0 Å². The summed E-state index contributed by atoms with van der Waals surface area (Å²) in [7, 11) is -2.47. The molecule has 2 aromatic rings. The molecule has 0 aromatic heterocycles. The van der Waals surface area contributed by atoms with Gasteiger partial charge in [-0.2, -0.15) is 0 Å². The number of phenols is 1. The first-order valence-electron chi connectivity index (χ1n) is 8.60. The largest absolute Gasteiger partial charge is 0.508 e. The summed E-state index contributed by atoms with van der Waals surface area (Å²) in [5.74, 6) is 0.657. The zero-order chi connectivity index (χ0) is 20.1. The Kier molecular flexibility index (Phi) is 6.82. The van der Waals surface area contributed by atoms with Gasteiger partial charge in [0.15, 0.2) is 8.32 Å². The Morgan fingerprint density at radius 3 is 2.00 bits per heavy atom. The van der Waals surface area contributed by atoms with E-state index in [1.54, 1.807) is 31.4 Å². The number of carbonyl (C=O) groups is 1. The molecule has 0 fully saturated rings. The molecule has 1 N–H and O–H groups in total. The minimum absolute atomic E-state index is 0.0952. The number of hydrogen-bond acceptors (Lipinski definition) is 6. The lowest BCUT2D eigenvalue weighted by Crippen LogP contribution is -2.51. The number of rotatable bonds is 8. The highest BCUT2D eigenvalue weighted by atomic mass is 28.4. The van der Waals surface area contributed by atoms with Crippen molar-refractivity contribution >= 4 is 22.8 Å². The van der Waals surface area contributed by atoms with Crippen molar-refractivity contribution in [1.82, 2.24) is 0 Å². The monoisotopic (exact) mass is 406 g/mol. The number of hydrogen-bond donors (Lipinski definition) is 1. The number of phenolic OH excluding ortho intramolecular Hbond substituents is 1. The van der Waals surface area contributed by atoms with Crippen LogP contribution in [0.3, 0.4) is 0 Å². The molecule has 0 spiro atoms. The van der Waals surface area contributed by atoms with Crippen LogP contribution < -0.4 is 9.47 Å². The minimum Gasteiger partial charge on any atom is -0.508 e. The molecular weight excluding hydrogens is 380 g/mol. The lowest BCUT2D eigenvalue weighted by atomic mass is 10.2. The third kappa shape index (κ3) is 6.83. The molecule has 0 heterocycles. The van der Waals surface area contributed by atoms with Crippen molar-refractivity contribution in [2.24, 2.45) is 0 Å². The maximum absolute atomic E-state index is 12.1. The quantitative estimate of drug-likeness (QED) is 0.404. The Labute approximate surface area is 162 Å². The van der Waals surface area contributed by atoms with Gasteiger partial charge in [0.1, 0.15) is 23.5 Å². The molecule has 2 aromatic carbocycles. The second kappa shape index (κ2) is 8.70. The minimum atomic E-state index is -2.40. The van der Waals surface area contributed by atoms with E-state index in [1.807, 2.05) is 6.55 Å². The highest BCUT2D eigenvalue weighted by molar-refractivity contribution is 6.81. The normalized spacial score (nSPS) is 13.7. The van der Waals surface area contributed by atoms with Gasteiger partial charge in [-0.05, 0) is 74.7 Å². The highest BCUT2D eigenvalue weighted by Crippen LogP contribution is 2.21. The van der Waals surface area contributed by atoms with Crippen LogP contribution in [0.2, 0.25) is 26.2 Å². The number of ether oxygens (including phenoxy) is 2. The van der Waals surface area contributed by atoms with Gasteiger partial charge in [-0.25, -0.2) is 4.79 Å². The van der Waals surface area contributed by atoms with Gasteiger partial charge >= 0.3 is 14.5 Å². The fraction of sp³-hybridized carbons (Fsp3) is 0.316. The topological polar surface area (TPSA) is 74.2 Å². The summed E-state index contributed by atoms with van der Waals surface area (Å²) >= 11 is 0. The van der Waals surface area contributed by atoms with E-state index in [2.05, 4.69) is 19.6 Å². The molecule has 146 valence electrons. The first-order valence-corrected chi connectivity index (χ1v) is 14.5. The maximum Gasteiger partial charge on any atom is 0.363 e. The summed E-state index contributed by atoms with van der Waals surface area (Å²) < 4.78 is 22.9. The van der Waals surface area contributed by atoms with Gasteiger partial charge in [0.2, 0.25) is 0 Å². The smallest absolute Gasteiger partial charge is 0.363 e. The van der Waals surface area contributed by atoms with Crippen LogP contribution in [0.1, 0.15) is 10.4 Å². The van der Waals surface area contributed by atoms with Crippen LogP contribution in [0.25, 0.3) is 0 Å². The zero-order valence-electron chi connectivity index (χ0n) is 16.3. The van der Waals surface area contributed by atoms with Gasteiger partial charge in [-0.15, -0.1) is 0 Å². The van der Waals surface area contributed by atoms with E-state index in [4.69, 9.17) is 18.0 Å².